The Morgan fingerprint density at radius 3 is 2.27 bits per heavy atom. The van der Waals surface area contributed by atoms with Crippen LogP contribution in [0.25, 0.3) is 6.08 Å². The molecule has 0 N–H and O–H groups in total. The van der Waals surface area contributed by atoms with E-state index in [1.165, 1.54) is 17.0 Å². The first kappa shape index (κ1) is 13.9. The molecule has 0 bridgehead atoms. The van der Waals surface area contributed by atoms with Crippen LogP contribution in [0.1, 0.15) is 25.0 Å². The van der Waals surface area contributed by atoms with Crippen LogP contribution in [0.15, 0.2) is 30.3 Å². The Bertz CT molecular complexity index is 334. The van der Waals surface area contributed by atoms with Crippen molar-refractivity contribution in [3.05, 3.63) is 47.4 Å². The Labute approximate surface area is 115 Å². The first-order chi connectivity index (χ1) is 7.20. The second-order valence-electron chi connectivity index (χ2n) is 3.60. The van der Waals surface area contributed by atoms with Crippen molar-refractivity contribution >= 4 is 30.5 Å². The van der Waals surface area contributed by atoms with E-state index in [9.17, 15) is 0 Å². The second-order valence-corrected chi connectivity index (χ2v) is 14.9. The molecule has 1 aromatic rings. The minimum absolute atomic E-state index is 0.145. The van der Waals surface area contributed by atoms with Gasteiger partial charge < -0.3 is 0 Å². The summed E-state index contributed by atoms with van der Waals surface area (Å²) in [5.41, 5.74) is 2.77. The molecule has 0 amide bonds. The van der Waals surface area contributed by atoms with Crippen LogP contribution in [-0.4, -0.2) is 0 Å². The fourth-order valence-corrected chi connectivity index (χ4v) is 1.68. The molecule has 2 rings (SSSR count). The Morgan fingerprint density at radius 2 is 1.67 bits per heavy atom. The summed E-state index contributed by atoms with van der Waals surface area (Å²) in [6.07, 6.45) is 4.43. The van der Waals surface area contributed by atoms with Gasteiger partial charge in [-0.3, -0.25) is 0 Å². The summed E-state index contributed by atoms with van der Waals surface area (Å²) in [7, 11) is 0. The molecular formula is C12H13Br2Zr. The van der Waals surface area contributed by atoms with Crippen molar-refractivity contribution in [3.63, 3.8) is 0 Å². The number of hydrogen-bond donors (Lipinski definition) is 0. The summed E-state index contributed by atoms with van der Waals surface area (Å²) >= 11 is 6.32. The third kappa shape index (κ3) is 3.94. The first-order valence-corrected chi connectivity index (χ1v) is 16.1. The van der Waals surface area contributed by atoms with Crippen LogP contribution in [0.3, 0.4) is 0 Å². The van der Waals surface area contributed by atoms with Crippen molar-refractivity contribution in [1.29, 1.82) is 0 Å². The normalized spacial score (nSPS) is 13.4. The summed E-state index contributed by atoms with van der Waals surface area (Å²) in [6.45, 7) is 4.48. The molecule has 0 saturated carbocycles. The van der Waals surface area contributed by atoms with E-state index in [1.54, 1.807) is 0 Å². The van der Waals surface area contributed by atoms with Gasteiger partial charge in [-0.2, -0.15) is 0 Å². The molecule has 79 valence electrons. The van der Waals surface area contributed by atoms with Crippen LogP contribution >= 0.6 is 24.4 Å². The van der Waals surface area contributed by atoms with Crippen molar-refractivity contribution < 1.29 is 18.5 Å². The number of rotatable bonds is 1. The van der Waals surface area contributed by atoms with Gasteiger partial charge in [0.2, 0.25) is 0 Å². The van der Waals surface area contributed by atoms with Crippen LogP contribution in [0.2, 0.25) is 0 Å². The van der Waals surface area contributed by atoms with Gasteiger partial charge in [0.05, 0.1) is 0 Å². The molecule has 1 radical (unpaired) electrons. The third-order valence-corrected chi connectivity index (χ3v) is 2.34. The average Bonchev–Trinajstić information content (AvgIpc) is 2.62. The van der Waals surface area contributed by atoms with Gasteiger partial charge in [0.25, 0.3) is 0 Å². The van der Waals surface area contributed by atoms with E-state index < -0.39 is 0 Å². The molecule has 0 heterocycles. The number of allylic oxidation sites excluding steroid dienone is 1. The predicted molar refractivity (Wildman–Crippen MR) is 70.5 cm³/mol. The molecule has 0 aliphatic heterocycles. The van der Waals surface area contributed by atoms with E-state index >= 15 is 0 Å². The van der Waals surface area contributed by atoms with Crippen LogP contribution in [-0.2, 0) is 18.5 Å². The molecule has 3 heteroatoms. The van der Waals surface area contributed by atoms with Crippen molar-refractivity contribution in [1.82, 2.24) is 0 Å². The van der Waals surface area contributed by atoms with Gasteiger partial charge >= 0.3 is 43.0 Å². The summed E-state index contributed by atoms with van der Waals surface area (Å²) in [5.74, 6) is 2.09. The predicted octanol–water partition coefficient (Wildman–Crippen LogP) is 4.98. The Balaban J connectivity index is 0.000000337. The van der Waals surface area contributed by atoms with Gasteiger partial charge in [-0.1, -0.05) is 50.3 Å². The molecule has 0 fully saturated rings. The quantitative estimate of drug-likeness (QED) is 0.615. The van der Waals surface area contributed by atoms with Gasteiger partial charge in [0, 0.05) is 5.92 Å². The maximum atomic E-state index is 3.23. The van der Waals surface area contributed by atoms with E-state index in [0.717, 1.165) is 0 Å². The third-order valence-electron chi connectivity index (χ3n) is 2.34. The molecule has 0 nitrogen and oxygen atoms in total. The molecule has 1 aliphatic carbocycles. The number of fused-ring (bicyclic) bond motifs is 1. The molecule has 0 spiro atoms. The van der Waals surface area contributed by atoms with E-state index in [2.05, 4.69) is 74.7 Å². The van der Waals surface area contributed by atoms with Gasteiger partial charge in [0.15, 0.2) is 0 Å². The SMILES string of the molecule is CC(C)[C]1C=Cc2ccccc21.[Br][Zr][Br]. The van der Waals surface area contributed by atoms with E-state index in [4.69, 9.17) is 0 Å². The average molecular weight is 408 g/mol. The molecular weight excluding hydrogens is 395 g/mol. The second kappa shape index (κ2) is 7.19. The molecule has 0 saturated heterocycles. The zero-order valence-electron chi connectivity index (χ0n) is 8.80. The molecule has 0 aromatic heterocycles. The van der Waals surface area contributed by atoms with E-state index in [-0.39, 0.29) is 18.5 Å². The van der Waals surface area contributed by atoms with Gasteiger partial charge in [0.1, 0.15) is 0 Å². The summed E-state index contributed by atoms with van der Waals surface area (Å²) in [4.78, 5) is 0. The molecule has 15 heavy (non-hydrogen) atoms. The van der Waals surface area contributed by atoms with Crippen LogP contribution < -0.4 is 0 Å². The van der Waals surface area contributed by atoms with Crippen molar-refractivity contribution in [2.24, 2.45) is 5.92 Å². The van der Waals surface area contributed by atoms with Gasteiger partial charge in [-0.05, 0) is 17.0 Å². The zero-order valence-corrected chi connectivity index (χ0v) is 14.4. The minimum atomic E-state index is -0.145. The number of benzene rings is 1. The fraction of sp³-hybridized carbons (Fsp3) is 0.250. The summed E-state index contributed by atoms with van der Waals surface area (Å²) in [6, 6.07) is 8.56. The maximum absolute atomic E-state index is 3.23. The number of hydrogen-bond acceptors (Lipinski definition) is 0. The Kier molecular flexibility index (Phi) is 6.65. The first-order valence-electron chi connectivity index (χ1n) is 4.81. The molecule has 1 aliphatic rings. The van der Waals surface area contributed by atoms with Crippen LogP contribution in [0, 0.1) is 11.8 Å². The molecule has 1 aromatic carbocycles. The van der Waals surface area contributed by atoms with E-state index in [0.29, 0.717) is 5.92 Å². The molecule has 0 unspecified atom stereocenters. The summed E-state index contributed by atoms with van der Waals surface area (Å²) < 4.78 is 0. The Morgan fingerprint density at radius 1 is 1.07 bits per heavy atom. The zero-order chi connectivity index (χ0) is 11.3. The van der Waals surface area contributed by atoms with Crippen molar-refractivity contribution in [3.8, 4) is 0 Å². The Hall–Kier alpha value is 0.803. The van der Waals surface area contributed by atoms with Crippen molar-refractivity contribution in [2.45, 2.75) is 13.8 Å². The van der Waals surface area contributed by atoms with Gasteiger partial charge in [-0.15, -0.1) is 0 Å². The summed E-state index contributed by atoms with van der Waals surface area (Å²) in [5, 5.41) is 0. The van der Waals surface area contributed by atoms with E-state index in [1.807, 2.05) is 0 Å². The molecule has 0 atom stereocenters. The fourth-order valence-electron chi connectivity index (χ4n) is 1.68. The van der Waals surface area contributed by atoms with Crippen LogP contribution in [0.5, 0.6) is 0 Å². The van der Waals surface area contributed by atoms with Crippen molar-refractivity contribution in [2.75, 3.05) is 0 Å². The van der Waals surface area contributed by atoms with Crippen LogP contribution in [0.4, 0.5) is 0 Å². The number of halogens is 2. The standard InChI is InChI=1S/C12H13.2BrH.Zr/c1-9(2)11-8-7-10-5-3-4-6-12(10)11;;;/h3-9H,1-2H3;2*1H;/q;;;+2/p-2. The topological polar surface area (TPSA) is 0 Å². The monoisotopic (exact) mass is 405 g/mol. The van der Waals surface area contributed by atoms with Gasteiger partial charge in [-0.25, -0.2) is 0 Å².